The molecule has 0 fully saturated rings. The summed E-state index contributed by atoms with van der Waals surface area (Å²) in [6, 6.07) is 5.61. The van der Waals surface area contributed by atoms with E-state index in [1.54, 1.807) is 12.3 Å². The van der Waals surface area contributed by atoms with Gasteiger partial charge in [-0.15, -0.1) is 0 Å². The molecule has 6 nitrogen and oxygen atoms in total. The van der Waals surface area contributed by atoms with Crippen molar-refractivity contribution in [3.05, 3.63) is 29.6 Å². The van der Waals surface area contributed by atoms with Gasteiger partial charge in [-0.25, -0.2) is 4.79 Å². The highest BCUT2D eigenvalue weighted by atomic mass is 16.6. The van der Waals surface area contributed by atoms with Crippen molar-refractivity contribution >= 4 is 6.09 Å². The summed E-state index contributed by atoms with van der Waals surface area (Å²) < 4.78 is 5.15. The number of nitriles is 1. The van der Waals surface area contributed by atoms with Crippen LogP contribution in [0.25, 0.3) is 0 Å². The van der Waals surface area contributed by atoms with Gasteiger partial charge in [0.1, 0.15) is 11.7 Å². The Labute approximate surface area is 125 Å². The number of likely N-dealkylation sites (N-methyl/N-ethyl adjacent to an activating group) is 1. The number of pyridine rings is 1. The molecule has 1 aromatic rings. The molecule has 6 heteroatoms. The molecule has 0 unspecified atom stereocenters. The van der Waals surface area contributed by atoms with E-state index in [0.717, 1.165) is 5.69 Å². The average Bonchev–Trinajstić information content (AvgIpc) is 2.37. The van der Waals surface area contributed by atoms with E-state index in [-0.39, 0.29) is 0 Å². The molecule has 0 aliphatic rings. The van der Waals surface area contributed by atoms with Crippen LogP contribution in [0.15, 0.2) is 18.3 Å². The highest BCUT2D eigenvalue weighted by Crippen LogP contribution is 2.06. The largest absolute Gasteiger partial charge is 0.444 e. The first kappa shape index (κ1) is 16.9. The van der Waals surface area contributed by atoms with Gasteiger partial charge in [0.05, 0.1) is 11.3 Å². The van der Waals surface area contributed by atoms with E-state index in [1.165, 1.54) is 0 Å². The van der Waals surface area contributed by atoms with Gasteiger partial charge in [0.15, 0.2) is 0 Å². The summed E-state index contributed by atoms with van der Waals surface area (Å²) in [5.74, 6) is 0. The van der Waals surface area contributed by atoms with Crippen molar-refractivity contribution in [2.24, 2.45) is 0 Å². The fourth-order valence-electron chi connectivity index (χ4n) is 1.60. The van der Waals surface area contributed by atoms with Crippen molar-refractivity contribution in [1.29, 1.82) is 5.26 Å². The van der Waals surface area contributed by atoms with Gasteiger partial charge in [0, 0.05) is 25.8 Å². The molecule has 0 saturated heterocycles. The van der Waals surface area contributed by atoms with E-state index in [0.29, 0.717) is 25.2 Å². The molecular weight excluding hydrogens is 268 g/mol. The van der Waals surface area contributed by atoms with Crippen LogP contribution in [0.3, 0.4) is 0 Å². The van der Waals surface area contributed by atoms with Crippen molar-refractivity contribution in [2.45, 2.75) is 32.9 Å². The van der Waals surface area contributed by atoms with E-state index in [1.807, 2.05) is 44.9 Å². The molecule has 21 heavy (non-hydrogen) atoms. The summed E-state index contributed by atoms with van der Waals surface area (Å²) in [6.07, 6.45) is 1.15. The minimum absolute atomic E-state index is 0.410. The summed E-state index contributed by atoms with van der Waals surface area (Å²) in [5.41, 5.74) is 0.948. The summed E-state index contributed by atoms with van der Waals surface area (Å²) >= 11 is 0. The Morgan fingerprint density at radius 3 is 2.71 bits per heavy atom. The van der Waals surface area contributed by atoms with Gasteiger partial charge in [-0.05, 0) is 40.0 Å². The Morgan fingerprint density at radius 1 is 1.48 bits per heavy atom. The van der Waals surface area contributed by atoms with Crippen LogP contribution in [0.5, 0.6) is 0 Å². The quantitative estimate of drug-likeness (QED) is 0.896. The fraction of sp³-hybridized carbons (Fsp3) is 0.533. The SMILES string of the molecule is CN(CCNC(=O)OC(C)(C)C)Cc1ccc(C#N)cn1. The highest BCUT2D eigenvalue weighted by molar-refractivity contribution is 5.67. The number of aromatic nitrogens is 1. The lowest BCUT2D eigenvalue weighted by molar-refractivity contribution is 0.0523. The van der Waals surface area contributed by atoms with E-state index in [9.17, 15) is 4.79 Å². The number of ether oxygens (including phenoxy) is 1. The fourth-order valence-corrected chi connectivity index (χ4v) is 1.60. The lowest BCUT2D eigenvalue weighted by Gasteiger charge is -2.21. The first-order chi connectivity index (χ1) is 9.80. The van der Waals surface area contributed by atoms with Crippen LogP contribution >= 0.6 is 0 Å². The monoisotopic (exact) mass is 290 g/mol. The highest BCUT2D eigenvalue weighted by Gasteiger charge is 2.15. The van der Waals surface area contributed by atoms with Crippen LogP contribution in [-0.4, -0.2) is 41.7 Å². The molecule has 0 bridgehead atoms. The third kappa shape index (κ3) is 7.28. The zero-order valence-electron chi connectivity index (χ0n) is 13.0. The second-order valence-electron chi connectivity index (χ2n) is 5.82. The van der Waals surface area contributed by atoms with Crippen LogP contribution in [0, 0.1) is 11.3 Å². The van der Waals surface area contributed by atoms with Crippen LogP contribution in [0.2, 0.25) is 0 Å². The Morgan fingerprint density at radius 2 is 2.19 bits per heavy atom. The van der Waals surface area contributed by atoms with Gasteiger partial charge in [-0.1, -0.05) is 0 Å². The molecule has 0 aliphatic carbocycles. The summed E-state index contributed by atoms with van der Waals surface area (Å²) in [7, 11) is 1.94. The topological polar surface area (TPSA) is 78.3 Å². The minimum Gasteiger partial charge on any atom is -0.444 e. The third-order valence-electron chi connectivity index (χ3n) is 2.55. The minimum atomic E-state index is -0.484. The Kier molecular flexibility index (Phi) is 6.12. The number of nitrogens with zero attached hydrogens (tertiary/aromatic N) is 3. The standard InChI is InChI=1S/C15H22N4O2/c1-15(2,3)21-14(20)17-7-8-19(4)11-13-6-5-12(9-16)10-18-13/h5-6,10H,7-8,11H2,1-4H3,(H,17,20). The maximum Gasteiger partial charge on any atom is 0.407 e. The van der Waals surface area contributed by atoms with Gasteiger partial charge in [-0.3, -0.25) is 9.88 Å². The Balaban J connectivity index is 2.29. The molecule has 0 aliphatic heterocycles. The molecule has 1 N–H and O–H groups in total. The molecule has 1 amide bonds. The van der Waals surface area contributed by atoms with E-state index in [4.69, 9.17) is 10.00 Å². The number of amides is 1. The smallest absolute Gasteiger partial charge is 0.407 e. The Bertz CT molecular complexity index is 500. The molecule has 0 saturated carbocycles. The number of hydrogen-bond donors (Lipinski definition) is 1. The van der Waals surface area contributed by atoms with E-state index >= 15 is 0 Å². The number of nitrogens with one attached hydrogen (secondary N) is 1. The molecule has 0 atom stereocenters. The van der Waals surface area contributed by atoms with Crippen molar-refractivity contribution in [3.8, 4) is 6.07 Å². The van der Waals surface area contributed by atoms with E-state index in [2.05, 4.69) is 10.3 Å². The molecule has 1 rings (SSSR count). The van der Waals surface area contributed by atoms with Gasteiger partial charge >= 0.3 is 6.09 Å². The van der Waals surface area contributed by atoms with Gasteiger partial charge in [0.2, 0.25) is 0 Å². The Hall–Kier alpha value is -2.13. The van der Waals surface area contributed by atoms with Gasteiger partial charge in [0.25, 0.3) is 0 Å². The zero-order chi connectivity index (χ0) is 15.9. The molecule has 0 radical (unpaired) electrons. The molecule has 1 aromatic heterocycles. The normalized spacial score (nSPS) is 11.0. The number of rotatable bonds is 5. The maximum atomic E-state index is 11.5. The van der Waals surface area contributed by atoms with Crippen LogP contribution < -0.4 is 5.32 Å². The number of alkyl carbamates (subject to hydrolysis) is 1. The maximum absolute atomic E-state index is 11.5. The number of carbonyl (C=O) groups excluding carboxylic acids is 1. The molecule has 0 spiro atoms. The number of carbonyl (C=O) groups is 1. The summed E-state index contributed by atoms with van der Waals surface area (Å²) in [4.78, 5) is 17.7. The summed E-state index contributed by atoms with van der Waals surface area (Å²) in [5, 5.41) is 11.4. The first-order valence-electron chi connectivity index (χ1n) is 6.80. The van der Waals surface area contributed by atoms with Crippen molar-refractivity contribution in [1.82, 2.24) is 15.2 Å². The molecule has 114 valence electrons. The van der Waals surface area contributed by atoms with Crippen LogP contribution in [0.1, 0.15) is 32.0 Å². The predicted octanol–water partition coefficient (Wildman–Crippen LogP) is 1.91. The number of hydrogen-bond acceptors (Lipinski definition) is 5. The van der Waals surface area contributed by atoms with E-state index < -0.39 is 11.7 Å². The lowest BCUT2D eigenvalue weighted by atomic mass is 10.2. The van der Waals surface area contributed by atoms with Crippen LogP contribution in [0.4, 0.5) is 4.79 Å². The third-order valence-corrected chi connectivity index (χ3v) is 2.55. The van der Waals surface area contributed by atoms with Crippen molar-refractivity contribution < 1.29 is 9.53 Å². The first-order valence-corrected chi connectivity index (χ1v) is 6.80. The van der Waals surface area contributed by atoms with Crippen molar-refractivity contribution in [3.63, 3.8) is 0 Å². The molecule has 1 heterocycles. The average molecular weight is 290 g/mol. The van der Waals surface area contributed by atoms with Gasteiger partial charge < -0.3 is 10.1 Å². The second-order valence-corrected chi connectivity index (χ2v) is 5.82. The molecule has 0 aromatic carbocycles. The molecular formula is C15H22N4O2. The zero-order valence-corrected chi connectivity index (χ0v) is 13.0. The van der Waals surface area contributed by atoms with Crippen molar-refractivity contribution in [2.75, 3.05) is 20.1 Å². The second kappa shape index (κ2) is 7.60. The summed E-state index contributed by atoms with van der Waals surface area (Å²) in [6.45, 7) is 7.32. The predicted molar refractivity (Wildman–Crippen MR) is 79.5 cm³/mol. The lowest BCUT2D eigenvalue weighted by Crippen LogP contribution is -2.36. The van der Waals surface area contributed by atoms with Gasteiger partial charge in [-0.2, -0.15) is 5.26 Å². The van der Waals surface area contributed by atoms with Crippen LogP contribution in [-0.2, 0) is 11.3 Å².